The maximum atomic E-state index is 12.2. The van der Waals surface area contributed by atoms with Crippen LogP contribution in [0.5, 0.6) is 0 Å². The largest absolute Gasteiger partial charge is 0.352 e. The van der Waals surface area contributed by atoms with Gasteiger partial charge in [0.2, 0.25) is 11.8 Å². The number of hydrogen-bond acceptors (Lipinski definition) is 5. The first-order valence-corrected chi connectivity index (χ1v) is 8.49. The lowest BCUT2D eigenvalue weighted by atomic mass is 10.2. The zero-order chi connectivity index (χ0) is 13.9. The Labute approximate surface area is 123 Å². The van der Waals surface area contributed by atoms with Gasteiger partial charge in [-0.25, -0.2) is 0 Å². The molecule has 0 spiro atoms. The molecule has 2 saturated heterocycles. The van der Waals surface area contributed by atoms with E-state index in [-0.39, 0.29) is 17.9 Å². The van der Waals surface area contributed by atoms with Gasteiger partial charge in [0, 0.05) is 43.9 Å². The molecule has 2 N–H and O–H groups in total. The van der Waals surface area contributed by atoms with Gasteiger partial charge in [-0.3, -0.25) is 19.8 Å². The van der Waals surface area contributed by atoms with Gasteiger partial charge in [0.05, 0.1) is 12.6 Å². The van der Waals surface area contributed by atoms with Crippen molar-refractivity contribution < 1.29 is 9.59 Å². The Balaban J connectivity index is 1.39. The molecule has 2 aliphatic heterocycles. The maximum Gasteiger partial charge on any atom is 0.240 e. The minimum Gasteiger partial charge on any atom is -0.352 e. The van der Waals surface area contributed by atoms with Crippen LogP contribution >= 0.6 is 11.8 Å². The standard InChI is InChI=1S/C13H22N4O2S/c18-12(15-10-1-2-10)7-16-3-5-17(6-4-16)13(19)11-8-20-9-14-11/h10-11,14H,1-9H2,(H,15,18). The number of thioether (sulfide) groups is 1. The van der Waals surface area contributed by atoms with Gasteiger partial charge in [0.25, 0.3) is 0 Å². The van der Waals surface area contributed by atoms with Crippen molar-refractivity contribution in [3.05, 3.63) is 0 Å². The van der Waals surface area contributed by atoms with E-state index in [0.29, 0.717) is 12.6 Å². The number of hydrogen-bond donors (Lipinski definition) is 2. The molecule has 1 unspecified atom stereocenters. The Morgan fingerprint density at radius 2 is 1.95 bits per heavy atom. The summed E-state index contributed by atoms with van der Waals surface area (Å²) in [5.74, 6) is 2.10. The van der Waals surface area contributed by atoms with E-state index in [1.165, 1.54) is 0 Å². The van der Waals surface area contributed by atoms with E-state index in [4.69, 9.17) is 0 Å². The van der Waals surface area contributed by atoms with Crippen molar-refractivity contribution in [2.45, 2.75) is 24.9 Å². The molecule has 2 heterocycles. The molecule has 0 bridgehead atoms. The van der Waals surface area contributed by atoms with Crippen molar-refractivity contribution in [1.82, 2.24) is 20.4 Å². The second-order valence-corrected chi connectivity index (χ2v) is 6.75. The Morgan fingerprint density at radius 3 is 2.55 bits per heavy atom. The topological polar surface area (TPSA) is 64.7 Å². The summed E-state index contributed by atoms with van der Waals surface area (Å²) in [5.41, 5.74) is 0. The van der Waals surface area contributed by atoms with Crippen LogP contribution < -0.4 is 10.6 Å². The fourth-order valence-corrected chi connectivity index (χ4v) is 3.54. The van der Waals surface area contributed by atoms with Crippen LogP contribution in [0.15, 0.2) is 0 Å². The predicted molar refractivity (Wildman–Crippen MR) is 78.4 cm³/mol. The van der Waals surface area contributed by atoms with E-state index in [9.17, 15) is 9.59 Å². The van der Waals surface area contributed by atoms with Gasteiger partial charge >= 0.3 is 0 Å². The number of amides is 2. The van der Waals surface area contributed by atoms with Gasteiger partial charge in [-0.1, -0.05) is 0 Å². The van der Waals surface area contributed by atoms with Crippen molar-refractivity contribution >= 4 is 23.6 Å². The highest BCUT2D eigenvalue weighted by Crippen LogP contribution is 2.18. The lowest BCUT2D eigenvalue weighted by molar-refractivity contribution is -0.134. The summed E-state index contributed by atoms with van der Waals surface area (Å²) in [7, 11) is 0. The fourth-order valence-electron chi connectivity index (χ4n) is 2.60. The first-order chi connectivity index (χ1) is 9.72. The first kappa shape index (κ1) is 14.2. The predicted octanol–water partition coefficient (Wildman–Crippen LogP) is -0.928. The molecule has 1 saturated carbocycles. The van der Waals surface area contributed by atoms with Crippen molar-refractivity contribution in [2.75, 3.05) is 44.4 Å². The van der Waals surface area contributed by atoms with Crippen LogP contribution in [0.4, 0.5) is 0 Å². The van der Waals surface area contributed by atoms with Crippen LogP contribution in [0, 0.1) is 0 Å². The molecule has 1 aliphatic carbocycles. The summed E-state index contributed by atoms with van der Waals surface area (Å²) < 4.78 is 0. The summed E-state index contributed by atoms with van der Waals surface area (Å²) in [6, 6.07) is 0.418. The lowest BCUT2D eigenvalue weighted by Crippen LogP contribution is -2.54. The Morgan fingerprint density at radius 1 is 1.20 bits per heavy atom. The molecule has 3 aliphatic rings. The van der Waals surface area contributed by atoms with Crippen LogP contribution in [-0.4, -0.2) is 78.1 Å². The van der Waals surface area contributed by atoms with Gasteiger partial charge in [-0.2, -0.15) is 0 Å². The molecule has 1 atom stereocenters. The second-order valence-electron chi connectivity index (χ2n) is 5.72. The number of piperazine rings is 1. The third-order valence-electron chi connectivity index (χ3n) is 4.01. The van der Waals surface area contributed by atoms with E-state index in [0.717, 1.165) is 50.7 Å². The SMILES string of the molecule is O=C(CN1CCN(C(=O)C2CSCN2)CC1)NC1CC1. The highest BCUT2D eigenvalue weighted by Gasteiger charge is 2.30. The normalized spacial score (nSPS) is 27.6. The summed E-state index contributed by atoms with van der Waals surface area (Å²) in [6.07, 6.45) is 2.25. The smallest absolute Gasteiger partial charge is 0.240 e. The summed E-state index contributed by atoms with van der Waals surface area (Å²) in [5, 5.41) is 6.23. The van der Waals surface area contributed by atoms with Crippen molar-refractivity contribution in [1.29, 1.82) is 0 Å². The van der Waals surface area contributed by atoms with Crippen LogP contribution in [0.2, 0.25) is 0 Å². The van der Waals surface area contributed by atoms with Crippen LogP contribution in [0.3, 0.4) is 0 Å². The number of nitrogens with one attached hydrogen (secondary N) is 2. The molecular weight excluding hydrogens is 276 g/mol. The third-order valence-corrected chi connectivity index (χ3v) is 4.95. The van der Waals surface area contributed by atoms with Gasteiger partial charge in [0.1, 0.15) is 0 Å². The molecule has 6 nitrogen and oxygen atoms in total. The van der Waals surface area contributed by atoms with E-state index in [1.807, 2.05) is 4.90 Å². The Hall–Kier alpha value is -0.790. The molecule has 0 radical (unpaired) electrons. The number of nitrogens with zero attached hydrogens (tertiary/aromatic N) is 2. The number of rotatable bonds is 4. The average Bonchev–Trinajstić information content (AvgIpc) is 3.08. The molecule has 0 aromatic carbocycles. The molecule has 112 valence electrons. The molecule has 3 fully saturated rings. The summed E-state index contributed by atoms with van der Waals surface area (Å²) in [4.78, 5) is 28.0. The minimum absolute atomic E-state index is 0.00952. The van der Waals surface area contributed by atoms with E-state index in [1.54, 1.807) is 11.8 Å². The van der Waals surface area contributed by atoms with Crippen molar-refractivity contribution in [2.24, 2.45) is 0 Å². The Kier molecular flexibility index (Phi) is 4.48. The van der Waals surface area contributed by atoms with Gasteiger partial charge in [-0.15, -0.1) is 11.8 Å². The third kappa shape index (κ3) is 3.65. The lowest BCUT2D eigenvalue weighted by Gasteiger charge is -2.35. The zero-order valence-electron chi connectivity index (χ0n) is 11.6. The maximum absolute atomic E-state index is 12.2. The second kappa shape index (κ2) is 6.32. The molecule has 7 heteroatoms. The molecule has 3 rings (SSSR count). The van der Waals surface area contributed by atoms with Crippen LogP contribution in [-0.2, 0) is 9.59 Å². The Bertz CT molecular complexity index is 375. The molecule has 0 aromatic heterocycles. The highest BCUT2D eigenvalue weighted by atomic mass is 32.2. The monoisotopic (exact) mass is 298 g/mol. The molecule has 0 aromatic rings. The van der Waals surface area contributed by atoms with Crippen LogP contribution in [0.1, 0.15) is 12.8 Å². The summed E-state index contributed by atoms with van der Waals surface area (Å²) >= 11 is 1.77. The van der Waals surface area contributed by atoms with Crippen LogP contribution in [0.25, 0.3) is 0 Å². The highest BCUT2D eigenvalue weighted by molar-refractivity contribution is 7.99. The number of carbonyl (C=O) groups excluding carboxylic acids is 2. The summed E-state index contributed by atoms with van der Waals surface area (Å²) in [6.45, 7) is 3.53. The van der Waals surface area contributed by atoms with Gasteiger partial charge in [0.15, 0.2) is 0 Å². The van der Waals surface area contributed by atoms with Crippen molar-refractivity contribution in [3.63, 3.8) is 0 Å². The van der Waals surface area contributed by atoms with E-state index >= 15 is 0 Å². The minimum atomic E-state index is -0.00952. The van der Waals surface area contributed by atoms with Gasteiger partial charge in [-0.05, 0) is 12.8 Å². The number of carbonyl (C=O) groups is 2. The van der Waals surface area contributed by atoms with Crippen molar-refractivity contribution in [3.8, 4) is 0 Å². The zero-order valence-corrected chi connectivity index (χ0v) is 12.5. The van der Waals surface area contributed by atoms with Gasteiger partial charge < -0.3 is 10.2 Å². The fraction of sp³-hybridized carbons (Fsp3) is 0.846. The molecule has 2 amide bonds. The average molecular weight is 298 g/mol. The van der Waals surface area contributed by atoms with E-state index < -0.39 is 0 Å². The molecular formula is C13H22N4O2S. The molecule has 20 heavy (non-hydrogen) atoms. The van der Waals surface area contributed by atoms with E-state index in [2.05, 4.69) is 15.5 Å². The quantitative estimate of drug-likeness (QED) is 0.702. The first-order valence-electron chi connectivity index (χ1n) is 7.34.